The van der Waals surface area contributed by atoms with Crippen molar-refractivity contribution in [2.75, 3.05) is 6.54 Å². The molecule has 1 saturated heterocycles. The van der Waals surface area contributed by atoms with E-state index in [0.29, 0.717) is 13.0 Å². The molecule has 8 nitrogen and oxygen atoms in total. The second-order valence-electron chi connectivity index (χ2n) is 8.19. The van der Waals surface area contributed by atoms with E-state index in [-0.39, 0.29) is 0 Å². The van der Waals surface area contributed by atoms with Crippen LogP contribution in [0, 0.1) is 0 Å². The van der Waals surface area contributed by atoms with Gasteiger partial charge in [-0.1, -0.05) is 0 Å². The summed E-state index contributed by atoms with van der Waals surface area (Å²) in [7, 11) is -4.03. The third-order valence-electron chi connectivity index (χ3n) is 3.30. The molecular weight excluding hydrogens is 348 g/mol. The molecule has 144 valence electrons. The smallest absolute Gasteiger partial charge is 0.421 e. The summed E-state index contributed by atoms with van der Waals surface area (Å²) in [4.78, 5) is 25.2. The van der Waals surface area contributed by atoms with E-state index in [0.717, 1.165) is 5.41 Å². The Kier molecular flexibility index (Phi) is 5.83. The lowest BCUT2D eigenvalue weighted by molar-refractivity contribution is -0.0211. The number of amides is 2. The number of hydrogen-bond acceptors (Lipinski definition) is 6. The van der Waals surface area contributed by atoms with Gasteiger partial charge in [-0.2, -0.15) is 0 Å². The van der Waals surface area contributed by atoms with Gasteiger partial charge in [0.05, 0.1) is 5.54 Å². The van der Waals surface area contributed by atoms with Crippen molar-refractivity contribution in [3.05, 3.63) is 11.5 Å². The molecule has 1 heterocycles. The number of sulfonamides is 1. The zero-order valence-corrected chi connectivity index (χ0v) is 16.7. The molecule has 1 N–H and O–H groups in total. The van der Waals surface area contributed by atoms with Crippen molar-refractivity contribution in [2.45, 2.75) is 71.6 Å². The van der Waals surface area contributed by atoms with Crippen molar-refractivity contribution < 1.29 is 27.5 Å². The Morgan fingerprint density at radius 2 is 1.60 bits per heavy atom. The monoisotopic (exact) mass is 376 g/mol. The Morgan fingerprint density at radius 3 is 2.00 bits per heavy atom. The van der Waals surface area contributed by atoms with E-state index in [1.807, 2.05) is 0 Å². The summed E-state index contributed by atoms with van der Waals surface area (Å²) in [5.41, 5.74) is -2.23. The number of carbonyl (C=O) groups is 2. The van der Waals surface area contributed by atoms with Gasteiger partial charge in [-0.3, -0.25) is 4.90 Å². The van der Waals surface area contributed by atoms with E-state index in [4.69, 9.17) is 9.47 Å². The predicted octanol–water partition coefficient (Wildman–Crippen LogP) is 2.75. The summed E-state index contributed by atoms with van der Waals surface area (Å²) >= 11 is 0. The quantitative estimate of drug-likeness (QED) is 0.812. The third-order valence-corrected chi connectivity index (χ3v) is 4.25. The molecule has 2 amide bonds. The van der Waals surface area contributed by atoms with Gasteiger partial charge in [0.15, 0.2) is 0 Å². The van der Waals surface area contributed by atoms with Gasteiger partial charge in [-0.25, -0.2) is 22.7 Å². The molecule has 0 aromatic carbocycles. The number of hydrogen-bond donors (Lipinski definition) is 1. The highest BCUT2D eigenvalue weighted by atomic mass is 32.2. The SMILES string of the molecule is CC(C)(C)OC(=O)NS(=O)(=O)/C=C/C1(C)CCN1C(=O)OC(C)(C)C. The molecular formula is C16H28N2O6S. The van der Waals surface area contributed by atoms with Gasteiger partial charge >= 0.3 is 12.2 Å². The standard InChI is InChI=1S/C16H28N2O6S/c1-14(2,3)23-12(19)17-25(21,22)11-9-16(7)8-10-18(16)13(20)24-15(4,5)6/h9,11H,8,10H2,1-7H3,(H,17,19)/b11-9+. The normalized spacial score (nSPS) is 21.6. The third kappa shape index (κ3) is 6.93. The van der Waals surface area contributed by atoms with Crippen molar-refractivity contribution in [2.24, 2.45) is 0 Å². The maximum Gasteiger partial charge on any atom is 0.421 e. The van der Waals surface area contributed by atoms with Crippen LogP contribution in [0.1, 0.15) is 54.9 Å². The summed E-state index contributed by atoms with van der Waals surface area (Å²) in [5.74, 6) is 0. The first-order valence-electron chi connectivity index (χ1n) is 7.99. The van der Waals surface area contributed by atoms with Crippen LogP contribution >= 0.6 is 0 Å². The zero-order valence-electron chi connectivity index (χ0n) is 15.9. The van der Waals surface area contributed by atoms with Crippen LogP contribution in [0.25, 0.3) is 0 Å². The highest BCUT2D eigenvalue weighted by Crippen LogP contribution is 2.33. The maximum absolute atomic E-state index is 12.1. The molecule has 9 heteroatoms. The predicted molar refractivity (Wildman–Crippen MR) is 93.4 cm³/mol. The van der Waals surface area contributed by atoms with E-state index in [1.54, 1.807) is 53.2 Å². The molecule has 1 fully saturated rings. The first-order valence-corrected chi connectivity index (χ1v) is 9.53. The fourth-order valence-corrected chi connectivity index (χ4v) is 2.87. The number of nitrogens with one attached hydrogen (secondary N) is 1. The van der Waals surface area contributed by atoms with Gasteiger partial charge in [0.25, 0.3) is 10.0 Å². The fourth-order valence-electron chi connectivity index (χ4n) is 2.05. The number of rotatable bonds is 3. The molecule has 0 spiro atoms. The molecule has 0 aliphatic carbocycles. The van der Waals surface area contributed by atoms with Gasteiger partial charge in [0.1, 0.15) is 11.2 Å². The highest BCUT2D eigenvalue weighted by molar-refractivity contribution is 7.92. The molecule has 0 bridgehead atoms. The average molecular weight is 376 g/mol. The Hall–Kier alpha value is -1.77. The molecule has 0 aromatic rings. The average Bonchev–Trinajstić information content (AvgIpc) is 2.28. The topological polar surface area (TPSA) is 102 Å². The van der Waals surface area contributed by atoms with Crippen LogP contribution in [-0.4, -0.2) is 48.8 Å². The lowest BCUT2D eigenvalue weighted by Crippen LogP contribution is -2.60. The number of carbonyl (C=O) groups excluding carboxylic acids is 2. The van der Waals surface area contributed by atoms with Crippen molar-refractivity contribution in [3.63, 3.8) is 0 Å². The summed E-state index contributed by atoms with van der Waals surface area (Å²) in [5, 5.41) is 0.869. The Morgan fingerprint density at radius 1 is 1.08 bits per heavy atom. The Balaban J connectivity index is 2.75. The van der Waals surface area contributed by atoms with Crippen LogP contribution in [-0.2, 0) is 19.5 Å². The molecule has 1 atom stereocenters. The van der Waals surface area contributed by atoms with E-state index in [1.165, 1.54) is 11.0 Å². The van der Waals surface area contributed by atoms with Gasteiger partial charge in [-0.05, 0) is 61.0 Å². The van der Waals surface area contributed by atoms with E-state index >= 15 is 0 Å². The van der Waals surface area contributed by atoms with Crippen LogP contribution in [0.3, 0.4) is 0 Å². The summed E-state index contributed by atoms with van der Waals surface area (Å²) in [6, 6.07) is 0. The maximum atomic E-state index is 12.1. The Labute approximate surface area is 149 Å². The molecule has 0 radical (unpaired) electrons. The van der Waals surface area contributed by atoms with Crippen molar-refractivity contribution >= 4 is 22.2 Å². The first kappa shape index (κ1) is 21.3. The summed E-state index contributed by atoms with van der Waals surface area (Å²) < 4.78 is 36.0. The number of ether oxygens (including phenoxy) is 2. The van der Waals surface area contributed by atoms with Crippen LogP contribution in [0.15, 0.2) is 11.5 Å². The number of likely N-dealkylation sites (tertiary alicyclic amines) is 1. The summed E-state index contributed by atoms with van der Waals surface area (Å²) in [6.07, 6.45) is 0.390. The lowest BCUT2D eigenvalue weighted by Gasteiger charge is -2.48. The molecule has 0 aromatic heterocycles. The molecule has 1 aliphatic rings. The molecule has 0 saturated carbocycles. The number of nitrogens with zero attached hydrogens (tertiary/aromatic N) is 1. The van der Waals surface area contributed by atoms with Crippen LogP contribution in [0.4, 0.5) is 9.59 Å². The van der Waals surface area contributed by atoms with Crippen molar-refractivity contribution in [1.82, 2.24) is 9.62 Å². The van der Waals surface area contributed by atoms with Crippen LogP contribution in [0.5, 0.6) is 0 Å². The minimum absolute atomic E-state index is 0.468. The molecule has 25 heavy (non-hydrogen) atoms. The lowest BCUT2D eigenvalue weighted by atomic mass is 9.87. The minimum Gasteiger partial charge on any atom is -0.444 e. The summed E-state index contributed by atoms with van der Waals surface area (Å²) in [6.45, 7) is 12.3. The van der Waals surface area contributed by atoms with Crippen LogP contribution in [0.2, 0.25) is 0 Å². The molecule has 1 aliphatic heterocycles. The first-order chi connectivity index (χ1) is 11.0. The van der Waals surface area contributed by atoms with Gasteiger partial charge in [0, 0.05) is 12.0 Å². The second-order valence-corrected chi connectivity index (χ2v) is 9.76. The van der Waals surface area contributed by atoms with E-state index in [9.17, 15) is 18.0 Å². The van der Waals surface area contributed by atoms with Crippen molar-refractivity contribution in [1.29, 1.82) is 0 Å². The Bertz CT molecular complexity index is 657. The highest BCUT2D eigenvalue weighted by Gasteiger charge is 2.43. The van der Waals surface area contributed by atoms with Gasteiger partial charge in [-0.15, -0.1) is 0 Å². The molecule has 1 unspecified atom stereocenters. The largest absolute Gasteiger partial charge is 0.444 e. The minimum atomic E-state index is -4.03. The zero-order chi connectivity index (χ0) is 19.7. The fraction of sp³-hybridized carbons (Fsp3) is 0.750. The van der Waals surface area contributed by atoms with E-state index < -0.39 is 39.0 Å². The van der Waals surface area contributed by atoms with E-state index in [2.05, 4.69) is 0 Å². The van der Waals surface area contributed by atoms with Crippen molar-refractivity contribution in [3.8, 4) is 0 Å². The second kappa shape index (κ2) is 6.86. The van der Waals surface area contributed by atoms with Gasteiger partial charge in [0.2, 0.25) is 0 Å². The molecule has 1 rings (SSSR count). The van der Waals surface area contributed by atoms with Gasteiger partial charge < -0.3 is 9.47 Å². The van der Waals surface area contributed by atoms with Crippen LogP contribution < -0.4 is 4.72 Å².